The normalized spacial score (nSPS) is 11.2. The van der Waals surface area contributed by atoms with Crippen molar-refractivity contribution in [3.8, 4) is 17.0 Å². The predicted octanol–water partition coefficient (Wildman–Crippen LogP) is 4.72. The van der Waals surface area contributed by atoms with E-state index in [9.17, 15) is 9.59 Å². The van der Waals surface area contributed by atoms with Gasteiger partial charge in [0.15, 0.2) is 5.60 Å². The predicted molar refractivity (Wildman–Crippen MR) is 115 cm³/mol. The highest BCUT2D eigenvalue weighted by atomic mass is 16.6. The summed E-state index contributed by atoms with van der Waals surface area (Å²) in [5, 5.41) is 0.871. The standard InChI is InChI=1S/C24H25NO5/c1-6-29-23(27)24(3,4)30-18-10-8-16(9-11-18)21-19(22(26)28-5)14-17-13-15(2)7-12-20(17)25-21/h7-14H,6H2,1-5H3. The summed E-state index contributed by atoms with van der Waals surface area (Å²) in [5.74, 6) is -0.383. The molecule has 6 nitrogen and oxygen atoms in total. The molecule has 156 valence electrons. The molecule has 0 aliphatic heterocycles. The molecule has 0 N–H and O–H groups in total. The number of aromatic nitrogens is 1. The number of hydrogen-bond acceptors (Lipinski definition) is 6. The lowest BCUT2D eigenvalue weighted by atomic mass is 10.0. The van der Waals surface area contributed by atoms with Crippen LogP contribution in [0.1, 0.15) is 36.7 Å². The van der Waals surface area contributed by atoms with Crippen molar-refractivity contribution in [2.24, 2.45) is 0 Å². The molecule has 0 unspecified atom stereocenters. The van der Waals surface area contributed by atoms with E-state index in [4.69, 9.17) is 19.2 Å². The second-order valence-electron chi connectivity index (χ2n) is 7.43. The van der Waals surface area contributed by atoms with Gasteiger partial charge >= 0.3 is 11.9 Å². The number of aryl methyl sites for hydroxylation is 1. The molecule has 3 aromatic rings. The van der Waals surface area contributed by atoms with E-state index < -0.39 is 17.5 Å². The Morgan fingerprint density at radius 2 is 1.73 bits per heavy atom. The van der Waals surface area contributed by atoms with Gasteiger partial charge in [-0.1, -0.05) is 11.6 Å². The number of carbonyl (C=O) groups is 2. The van der Waals surface area contributed by atoms with Gasteiger partial charge in [-0.2, -0.15) is 0 Å². The molecular formula is C24H25NO5. The minimum atomic E-state index is -1.12. The second-order valence-corrected chi connectivity index (χ2v) is 7.43. The van der Waals surface area contributed by atoms with Crippen LogP contribution in [0.5, 0.6) is 5.75 Å². The third-order valence-electron chi connectivity index (χ3n) is 4.64. The Hall–Kier alpha value is -3.41. The molecule has 0 bridgehead atoms. The van der Waals surface area contributed by atoms with Crippen molar-refractivity contribution >= 4 is 22.8 Å². The lowest BCUT2D eigenvalue weighted by molar-refractivity contribution is -0.158. The van der Waals surface area contributed by atoms with Crippen LogP contribution in [0.15, 0.2) is 48.5 Å². The number of fused-ring (bicyclic) bond motifs is 1. The molecule has 30 heavy (non-hydrogen) atoms. The third-order valence-corrected chi connectivity index (χ3v) is 4.64. The van der Waals surface area contributed by atoms with Gasteiger partial charge in [0.05, 0.1) is 30.5 Å². The van der Waals surface area contributed by atoms with Crippen molar-refractivity contribution in [1.82, 2.24) is 4.98 Å². The van der Waals surface area contributed by atoms with E-state index in [-0.39, 0.29) is 6.61 Å². The molecule has 0 spiro atoms. The number of benzene rings is 2. The summed E-state index contributed by atoms with van der Waals surface area (Å²) in [6, 6.07) is 14.7. The number of rotatable bonds is 6. The van der Waals surface area contributed by atoms with Gasteiger partial charge in [-0.25, -0.2) is 14.6 Å². The summed E-state index contributed by atoms with van der Waals surface area (Å²) in [6.45, 7) is 7.33. The van der Waals surface area contributed by atoms with E-state index in [0.29, 0.717) is 17.0 Å². The Morgan fingerprint density at radius 1 is 1.03 bits per heavy atom. The van der Waals surface area contributed by atoms with E-state index >= 15 is 0 Å². The van der Waals surface area contributed by atoms with Crippen LogP contribution >= 0.6 is 0 Å². The highest BCUT2D eigenvalue weighted by Gasteiger charge is 2.31. The molecule has 6 heteroatoms. The summed E-state index contributed by atoms with van der Waals surface area (Å²) in [5.41, 5.74) is 2.39. The molecule has 0 saturated heterocycles. The number of nitrogens with zero attached hydrogens (tertiary/aromatic N) is 1. The topological polar surface area (TPSA) is 74.7 Å². The van der Waals surface area contributed by atoms with E-state index in [1.54, 1.807) is 51.1 Å². The average molecular weight is 407 g/mol. The minimum Gasteiger partial charge on any atom is -0.476 e. The highest BCUT2D eigenvalue weighted by Crippen LogP contribution is 2.29. The van der Waals surface area contributed by atoms with E-state index in [0.717, 1.165) is 22.0 Å². The Bertz CT molecular complexity index is 1090. The largest absolute Gasteiger partial charge is 0.476 e. The van der Waals surface area contributed by atoms with Gasteiger partial charge < -0.3 is 14.2 Å². The summed E-state index contributed by atoms with van der Waals surface area (Å²) in [6.07, 6.45) is 0. The summed E-state index contributed by atoms with van der Waals surface area (Å²) >= 11 is 0. The molecular weight excluding hydrogens is 382 g/mol. The Morgan fingerprint density at radius 3 is 2.37 bits per heavy atom. The Kier molecular flexibility index (Phi) is 6.06. The smallest absolute Gasteiger partial charge is 0.349 e. The molecule has 1 heterocycles. The van der Waals surface area contributed by atoms with Crippen molar-refractivity contribution in [3.05, 3.63) is 59.7 Å². The summed E-state index contributed by atoms with van der Waals surface area (Å²) in [4.78, 5) is 29.1. The Balaban J connectivity index is 1.98. The number of carbonyl (C=O) groups excluding carboxylic acids is 2. The van der Waals surface area contributed by atoms with Gasteiger partial charge in [-0.15, -0.1) is 0 Å². The van der Waals surface area contributed by atoms with Crippen LogP contribution in [0.3, 0.4) is 0 Å². The first-order valence-corrected chi connectivity index (χ1v) is 9.71. The second kappa shape index (κ2) is 8.53. The van der Waals surface area contributed by atoms with Crippen LogP contribution in [0.4, 0.5) is 0 Å². The lowest BCUT2D eigenvalue weighted by Crippen LogP contribution is -2.39. The molecule has 1 aromatic heterocycles. The number of methoxy groups -OCH3 is 1. The monoisotopic (exact) mass is 407 g/mol. The molecule has 0 saturated carbocycles. The summed E-state index contributed by atoms with van der Waals surface area (Å²) < 4.78 is 15.8. The zero-order chi connectivity index (χ0) is 21.9. The average Bonchev–Trinajstić information content (AvgIpc) is 2.72. The van der Waals surface area contributed by atoms with Gasteiger partial charge in [0.1, 0.15) is 5.75 Å². The summed E-state index contributed by atoms with van der Waals surface area (Å²) in [7, 11) is 1.35. The number of pyridine rings is 1. The van der Waals surface area contributed by atoms with Crippen molar-refractivity contribution in [2.75, 3.05) is 13.7 Å². The molecule has 0 radical (unpaired) electrons. The maximum atomic E-state index is 12.4. The molecule has 0 atom stereocenters. The van der Waals surface area contributed by atoms with Crippen LogP contribution < -0.4 is 4.74 Å². The van der Waals surface area contributed by atoms with Crippen LogP contribution in [-0.4, -0.2) is 36.2 Å². The number of hydrogen-bond donors (Lipinski definition) is 0. The third kappa shape index (κ3) is 4.43. The van der Waals surface area contributed by atoms with Gasteiger partial charge in [0.25, 0.3) is 0 Å². The van der Waals surface area contributed by atoms with Gasteiger partial charge in [0, 0.05) is 10.9 Å². The van der Waals surface area contributed by atoms with Crippen LogP contribution in [0, 0.1) is 6.92 Å². The van der Waals surface area contributed by atoms with E-state index in [2.05, 4.69) is 0 Å². The first-order valence-electron chi connectivity index (χ1n) is 9.71. The first kappa shape index (κ1) is 21.3. The van der Waals surface area contributed by atoms with Gasteiger partial charge in [0.2, 0.25) is 0 Å². The first-order chi connectivity index (χ1) is 14.2. The SMILES string of the molecule is CCOC(=O)C(C)(C)Oc1ccc(-c2nc3ccc(C)cc3cc2C(=O)OC)cc1. The highest BCUT2D eigenvalue weighted by molar-refractivity contribution is 6.00. The van der Waals surface area contributed by atoms with E-state index in [1.807, 2.05) is 25.1 Å². The Labute approximate surface area is 175 Å². The molecule has 2 aromatic carbocycles. The quantitative estimate of drug-likeness (QED) is 0.551. The minimum absolute atomic E-state index is 0.286. The van der Waals surface area contributed by atoms with Crippen molar-refractivity contribution < 1.29 is 23.8 Å². The fourth-order valence-electron chi connectivity index (χ4n) is 3.10. The maximum absolute atomic E-state index is 12.4. The molecule has 0 fully saturated rings. The molecule has 0 aliphatic rings. The van der Waals surface area contributed by atoms with E-state index in [1.165, 1.54) is 7.11 Å². The molecule has 0 amide bonds. The van der Waals surface area contributed by atoms with Crippen LogP contribution in [0.25, 0.3) is 22.2 Å². The fourth-order valence-corrected chi connectivity index (χ4v) is 3.10. The number of ether oxygens (including phenoxy) is 3. The fraction of sp³-hybridized carbons (Fsp3) is 0.292. The van der Waals surface area contributed by atoms with Crippen molar-refractivity contribution in [2.45, 2.75) is 33.3 Å². The molecule has 0 aliphatic carbocycles. The van der Waals surface area contributed by atoms with Crippen molar-refractivity contribution in [3.63, 3.8) is 0 Å². The zero-order valence-corrected chi connectivity index (χ0v) is 17.8. The zero-order valence-electron chi connectivity index (χ0n) is 17.8. The van der Waals surface area contributed by atoms with Gasteiger partial charge in [-0.05, 0) is 70.2 Å². The number of esters is 2. The lowest BCUT2D eigenvalue weighted by Gasteiger charge is -2.24. The molecule has 3 rings (SSSR count). The van der Waals surface area contributed by atoms with Crippen LogP contribution in [-0.2, 0) is 14.3 Å². The van der Waals surface area contributed by atoms with Crippen molar-refractivity contribution in [1.29, 1.82) is 0 Å². The maximum Gasteiger partial charge on any atom is 0.349 e. The van der Waals surface area contributed by atoms with Crippen LogP contribution in [0.2, 0.25) is 0 Å². The van der Waals surface area contributed by atoms with Gasteiger partial charge in [-0.3, -0.25) is 0 Å².